The molecule has 3 heteroatoms. The van der Waals surface area contributed by atoms with Crippen LogP contribution in [0.25, 0.3) is 10.9 Å². The third-order valence-electron chi connectivity index (χ3n) is 3.54. The maximum atomic E-state index is 4.64. The average Bonchev–Trinajstić information content (AvgIpc) is 2.84. The van der Waals surface area contributed by atoms with E-state index in [-0.39, 0.29) is 5.54 Å². The third kappa shape index (κ3) is 1.34. The molecule has 0 radical (unpaired) electrons. The van der Waals surface area contributed by atoms with E-state index in [9.17, 15) is 0 Å². The van der Waals surface area contributed by atoms with Crippen molar-refractivity contribution in [2.24, 2.45) is 0 Å². The predicted molar refractivity (Wildman–Crippen MR) is 59.6 cm³/mol. The van der Waals surface area contributed by atoms with Gasteiger partial charge in [-0.2, -0.15) is 5.10 Å². The van der Waals surface area contributed by atoms with Crippen LogP contribution in [0, 0.1) is 0 Å². The van der Waals surface area contributed by atoms with Crippen molar-refractivity contribution in [2.75, 3.05) is 0 Å². The minimum atomic E-state index is 0.235. The molecule has 78 valence electrons. The van der Waals surface area contributed by atoms with Gasteiger partial charge in [0, 0.05) is 24.0 Å². The van der Waals surface area contributed by atoms with Crippen LogP contribution in [0.15, 0.2) is 24.7 Å². The first kappa shape index (κ1) is 8.89. The van der Waals surface area contributed by atoms with Gasteiger partial charge >= 0.3 is 0 Å². The van der Waals surface area contributed by atoms with Gasteiger partial charge in [0.25, 0.3) is 0 Å². The number of fused-ring (bicyclic) bond motifs is 1. The van der Waals surface area contributed by atoms with Gasteiger partial charge in [0.2, 0.25) is 0 Å². The molecular formula is C12H15N3. The number of hydrogen-bond donors (Lipinski definition) is 0. The van der Waals surface area contributed by atoms with E-state index in [2.05, 4.69) is 27.9 Å². The summed E-state index contributed by atoms with van der Waals surface area (Å²) in [5, 5.41) is 5.79. The molecule has 0 N–H and O–H groups in total. The molecule has 2 heterocycles. The van der Waals surface area contributed by atoms with Crippen molar-refractivity contribution in [3.8, 4) is 0 Å². The highest BCUT2D eigenvalue weighted by Gasteiger charge is 2.31. The molecule has 2 aromatic heterocycles. The number of hydrogen-bond acceptors (Lipinski definition) is 2. The second-order valence-electron chi connectivity index (χ2n) is 4.71. The summed E-state index contributed by atoms with van der Waals surface area (Å²) < 4.78 is 2.15. The quantitative estimate of drug-likeness (QED) is 0.710. The summed E-state index contributed by atoms with van der Waals surface area (Å²) in [6, 6.07) is 1.98. The van der Waals surface area contributed by atoms with Crippen molar-refractivity contribution >= 4 is 10.9 Å². The summed E-state index contributed by atoms with van der Waals surface area (Å²) in [6.45, 7) is 2.30. The van der Waals surface area contributed by atoms with E-state index in [1.54, 1.807) is 6.20 Å². The van der Waals surface area contributed by atoms with Crippen LogP contribution in [-0.2, 0) is 5.54 Å². The van der Waals surface area contributed by atoms with Crippen LogP contribution < -0.4 is 0 Å². The van der Waals surface area contributed by atoms with Crippen LogP contribution in [0.3, 0.4) is 0 Å². The van der Waals surface area contributed by atoms with Crippen molar-refractivity contribution in [2.45, 2.75) is 38.1 Å². The van der Waals surface area contributed by atoms with Gasteiger partial charge in [0.15, 0.2) is 0 Å². The number of rotatable bonds is 1. The number of aromatic nitrogens is 3. The molecule has 0 aromatic carbocycles. The van der Waals surface area contributed by atoms with Crippen LogP contribution in [0.1, 0.15) is 32.6 Å². The van der Waals surface area contributed by atoms with E-state index in [1.807, 2.05) is 12.3 Å². The molecular weight excluding hydrogens is 186 g/mol. The van der Waals surface area contributed by atoms with E-state index < -0.39 is 0 Å². The molecule has 0 aliphatic heterocycles. The third-order valence-corrected chi connectivity index (χ3v) is 3.54. The van der Waals surface area contributed by atoms with Gasteiger partial charge < -0.3 is 0 Å². The second kappa shape index (κ2) is 3.05. The fourth-order valence-corrected chi connectivity index (χ4v) is 2.51. The molecule has 2 aromatic rings. The Balaban J connectivity index is 2.11. The summed E-state index contributed by atoms with van der Waals surface area (Å²) in [7, 11) is 0. The molecule has 0 amide bonds. The maximum absolute atomic E-state index is 4.64. The summed E-state index contributed by atoms with van der Waals surface area (Å²) in [5.74, 6) is 0. The fraction of sp³-hybridized carbons (Fsp3) is 0.500. The molecule has 3 nitrogen and oxygen atoms in total. The van der Waals surface area contributed by atoms with Gasteiger partial charge in [0.05, 0.1) is 11.1 Å². The highest BCUT2D eigenvalue weighted by molar-refractivity contribution is 5.76. The Morgan fingerprint density at radius 3 is 2.87 bits per heavy atom. The monoisotopic (exact) mass is 201 g/mol. The lowest BCUT2D eigenvalue weighted by Gasteiger charge is -2.23. The van der Waals surface area contributed by atoms with Crippen LogP contribution in [0.2, 0.25) is 0 Å². The summed E-state index contributed by atoms with van der Waals surface area (Å²) in [4.78, 5) is 4.12. The Bertz CT molecular complexity index is 447. The fourth-order valence-electron chi connectivity index (χ4n) is 2.51. The zero-order chi connectivity index (χ0) is 10.3. The Labute approximate surface area is 89.1 Å². The van der Waals surface area contributed by atoms with Crippen LogP contribution in [0.4, 0.5) is 0 Å². The molecule has 3 rings (SSSR count). The molecule has 1 fully saturated rings. The Hall–Kier alpha value is -1.38. The lowest BCUT2D eigenvalue weighted by atomic mass is 10.0. The second-order valence-corrected chi connectivity index (χ2v) is 4.71. The smallest absolute Gasteiger partial charge is 0.0954 e. The Kier molecular flexibility index (Phi) is 1.81. The molecule has 1 aliphatic rings. The molecule has 0 unspecified atom stereocenters. The molecule has 1 aliphatic carbocycles. The van der Waals surface area contributed by atoms with E-state index >= 15 is 0 Å². The van der Waals surface area contributed by atoms with Crippen molar-refractivity contribution in [1.82, 2.24) is 14.8 Å². The summed E-state index contributed by atoms with van der Waals surface area (Å²) in [5.41, 5.74) is 1.29. The SMILES string of the molecule is CC1(n2cc3cnccc3n2)CCCC1. The van der Waals surface area contributed by atoms with E-state index in [0.717, 1.165) is 10.9 Å². The lowest BCUT2D eigenvalue weighted by Crippen LogP contribution is -2.26. The number of pyridine rings is 1. The first-order valence-corrected chi connectivity index (χ1v) is 5.58. The minimum absolute atomic E-state index is 0.235. The van der Waals surface area contributed by atoms with Gasteiger partial charge in [-0.3, -0.25) is 9.67 Å². The highest BCUT2D eigenvalue weighted by atomic mass is 15.3. The molecule has 1 saturated carbocycles. The lowest BCUT2D eigenvalue weighted by molar-refractivity contribution is 0.298. The zero-order valence-corrected chi connectivity index (χ0v) is 8.98. The van der Waals surface area contributed by atoms with E-state index in [1.165, 1.54) is 25.7 Å². The van der Waals surface area contributed by atoms with Gasteiger partial charge in [-0.15, -0.1) is 0 Å². The maximum Gasteiger partial charge on any atom is 0.0954 e. The molecule has 15 heavy (non-hydrogen) atoms. The normalized spacial score (nSPS) is 19.8. The van der Waals surface area contributed by atoms with Crippen LogP contribution in [0.5, 0.6) is 0 Å². The minimum Gasteiger partial charge on any atom is -0.266 e. The largest absolute Gasteiger partial charge is 0.266 e. The summed E-state index contributed by atoms with van der Waals surface area (Å²) in [6.07, 6.45) is 11.0. The standard InChI is InChI=1S/C12H15N3/c1-12(5-2-3-6-12)15-9-10-8-13-7-4-11(10)14-15/h4,7-9H,2-3,5-6H2,1H3. The van der Waals surface area contributed by atoms with Crippen molar-refractivity contribution in [3.63, 3.8) is 0 Å². The molecule has 0 spiro atoms. The van der Waals surface area contributed by atoms with Crippen LogP contribution >= 0.6 is 0 Å². The van der Waals surface area contributed by atoms with Crippen molar-refractivity contribution in [3.05, 3.63) is 24.7 Å². The van der Waals surface area contributed by atoms with E-state index in [0.29, 0.717) is 0 Å². The molecule has 0 bridgehead atoms. The number of nitrogens with zero attached hydrogens (tertiary/aromatic N) is 3. The van der Waals surface area contributed by atoms with Gasteiger partial charge in [0.1, 0.15) is 0 Å². The van der Waals surface area contributed by atoms with E-state index in [4.69, 9.17) is 0 Å². The molecule has 0 atom stereocenters. The Morgan fingerprint density at radius 2 is 2.13 bits per heavy atom. The van der Waals surface area contributed by atoms with Gasteiger partial charge in [-0.05, 0) is 25.8 Å². The molecule has 0 saturated heterocycles. The van der Waals surface area contributed by atoms with Gasteiger partial charge in [-0.1, -0.05) is 12.8 Å². The van der Waals surface area contributed by atoms with Gasteiger partial charge in [-0.25, -0.2) is 0 Å². The zero-order valence-electron chi connectivity index (χ0n) is 8.98. The summed E-state index contributed by atoms with van der Waals surface area (Å²) >= 11 is 0. The topological polar surface area (TPSA) is 30.7 Å². The van der Waals surface area contributed by atoms with Crippen LogP contribution in [-0.4, -0.2) is 14.8 Å². The average molecular weight is 201 g/mol. The predicted octanol–water partition coefficient (Wildman–Crippen LogP) is 2.72. The highest BCUT2D eigenvalue weighted by Crippen LogP contribution is 2.36. The van der Waals surface area contributed by atoms with Crippen molar-refractivity contribution in [1.29, 1.82) is 0 Å². The Morgan fingerprint density at radius 1 is 1.33 bits per heavy atom. The first-order valence-electron chi connectivity index (χ1n) is 5.58. The first-order chi connectivity index (χ1) is 7.28. The van der Waals surface area contributed by atoms with Crippen molar-refractivity contribution < 1.29 is 0 Å².